The van der Waals surface area contributed by atoms with Crippen LogP contribution in [-0.2, 0) is 0 Å². The molecule has 5 heteroatoms. The number of carbonyl (C=O) groups is 1. The molecule has 2 rings (SSSR count). The fourth-order valence-electron chi connectivity index (χ4n) is 2.11. The number of hydrogen-bond donors (Lipinski definition) is 1. The third-order valence-electron chi connectivity index (χ3n) is 2.95. The number of nitrogens with zero attached hydrogens (tertiary/aromatic N) is 2. The molecule has 0 radical (unpaired) electrons. The monoisotopic (exact) mass is 254 g/mol. The zero-order chi connectivity index (χ0) is 12.5. The lowest BCUT2D eigenvalue weighted by Crippen LogP contribution is -2.48. The summed E-state index contributed by atoms with van der Waals surface area (Å²) in [5.74, 6) is -0.164. The van der Waals surface area contributed by atoms with Crippen molar-refractivity contribution in [1.29, 1.82) is 0 Å². The molecule has 1 atom stereocenters. The van der Waals surface area contributed by atoms with Gasteiger partial charge in [0.25, 0.3) is 5.91 Å². The average molecular weight is 255 g/mol. The second kappa shape index (κ2) is 4.63. The van der Waals surface area contributed by atoms with Crippen molar-refractivity contribution in [2.45, 2.75) is 25.4 Å². The molecule has 0 saturated carbocycles. The maximum Gasteiger partial charge on any atom is 0.257 e. The molecule has 0 aliphatic carbocycles. The summed E-state index contributed by atoms with van der Waals surface area (Å²) in [7, 11) is 0. The molecular weight excluding hydrogens is 240 g/mol. The van der Waals surface area contributed by atoms with Gasteiger partial charge in [0, 0.05) is 19.3 Å². The number of aliphatic hydroxyl groups is 1. The van der Waals surface area contributed by atoms with Crippen molar-refractivity contribution in [1.82, 2.24) is 9.88 Å². The van der Waals surface area contributed by atoms with Crippen LogP contribution in [0, 0.1) is 0 Å². The van der Waals surface area contributed by atoms with Gasteiger partial charge in [0.15, 0.2) is 0 Å². The Kier molecular flexibility index (Phi) is 3.35. The highest BCUT2D eigenvalue weighted by atomic mass is 35.5. The Morgan fingerprint density at radius 1 is 1.65 bits per heavy atom. The van der Waals surface area contributed by atoms with Gasteiger partial charge in [0.05, 0.1) is 11.2 Å². The molecule has 1 saturated heterocycles. The van der Waals surface area contributed by atoms with E-state index in [9.17, 15) is 9.90 Å². The summed E-state index contributed by atoms with van der Waals surface area (Å²) in [6.45, 7) is 2.74. The third kappa shape index (κ3) is 2.76. The van der Waals surface area contributed by atoms with Crippen LogP contribution in [0.25, 0.3) is 0 Å². The van der Waals surface area contributed by atoms with Crippen molar-refractivity contribution in [3.8, 4) is 0 Å². The van der Waals surface area contributed by atoms with E-state index in [4.69, 9.17) is 11.6 Å². The molecule has 1 aromatic heterocycles. The van der Waals surface area contributed by atoms with Crippen molar-refractivity contribution in [2.24, 2.45) is 0 Å². The van der Waals surface area contributed by atoms with Gasteiger partial charge in [0.2, 0.25) is 0 Å². The highest BCUT2D eigenvalue weighted by molar-refractivity contribution is 6.32. The van der Waals surface area contributed by atoms with Gasteiger partial charge in [-0.05, 0) is 31.9 Å². The molecule has 17 heavy (non-hydrogen) atoms. The van der Waals surface area contributed by atoms with Crippen LogP contribution < -0.4 is 0 Å². The molecule has 2 heterocycles. The van der Waals surface area contributed by atoms with Crippen molar-refractivity contribution in [3.05, 3.63) is 29.0 Å². The van der Waals surface area contributed by atoms with E-state index in [0.29, 0.717) is 18.7 Å². The molecule has 1 N–H and O–H groups in total. The van der Waals surface area contributed by atoms with Crippen LogP contribution in [0.1, 0.15) is 30.1 Å². The second-order valence-corrected chi connectivity index (χ2v) is 5.03. The number of pyridine rings is 1. The number of likely N-dealkylation sites (tertiary alicyclic amines) is 1. The van der Waals surface area contributed by atoms with Gasteiger partial charge < -0.3 is 10.0 Å². The lowest BCUT2D eigenvalue weighted by atomic mass is 9.95. The van der Waals surface area contributed by atoms with Gasteiger partial charge in [-0.1, -0.05) is 11.6 Å². The van der Waals surface area contributed by atoms with Gasteiger partial charge in [0.1, 0.15) is 5.15 Å². The van der Waals surface area contributed by atoms with E-state index >= 15 is 0 Å². The van der Waals surface area contributed by atoms with Crippen LogP contribution in [0.4, 0.5) is 0 Å². The maximum absolute atomic E-state index is 12.2. The molecule has 1 amide bonds. The van der Waals surface area contributed by atoms with E-state index < -0.39 is 5.60 Å². The van der Waals surface area contributed by atoms with Crippen LogP contribution in [0.15, 0.2) is 18.3 Å². The number of halogens is 1. The SMILES string of the molecule is CC1(O)CCCN(C(=O)c2cccnc2Cl)C1. The van der Waals surface area contributed by atoms with E-state index in [1.807, 2.05) is 0 Å². The minimum Gasteiger partial charge on any atom is -0.388 e. The standard InChI is InChI=1S/C12H15ClN2O2/c1-12(17)5-3-7-15(8-12)11(16)9-4-2-6-14-10(9)13/h2,4,6,17H,3,5,7-8H2,1H3. The molecule has 1 aliphatic heterocycles. The number of rotatable bonds is 1. The van der Waals surface area contributed by atoms with Crippen LogP contribution in [0.3, 0.4) is 0 Å². The Bertz CT molecular complexity index is 434. The van der Waals surface area contributed by atoms with E-state index in [1.54, 1.807) is 30.2 Å². The van der Waals surface area contributed by atoms with Gasteiger partial charge in [-0.3, -0.25) is 4.79 Å². The molecule has 4 nitrogen and oxygen atoms in total. The molecule has 1 aliphatic rings. The highest BCUT2D eigenvalue weighted by Crippen LogP contribution is 2.23. The first-order valence-corrected chi connectivity index (χ1v) is 5.99. The number of amides is 1. The molecule has 0 spiro atoms. The summed E-state index contributed by atoms with van der Waals surface area (Å²) in [4.78, 5) is 17.7. The highest BCUT2D eigenvalue weighted by Gasteiger charge is 2.31. The molecule has 0 bridgehead atoms. The lowest BCUT2D eigenvalue weighted by molar-refractivity contribution is -0.0107. The van der Waals surface area contributed by atoms with Crippen molar-refractivity contribution in [3.63, 3.8) is 0 Å². The Morgan fingerprint density at radius 3 is 3.06 bits per heavy atom. The average Bonchev–Trinajstić information content (AvgIpc) is 2.27. The Hall–Kier alpha value is -1.13. The fraction of sp³-hybridized carbons (Fsp3) is 0.500. The number of aromatic nitrogens is 1. The Labute approximate surface area is 105 Å². The van der Waals surface area contributed by atoms with Crippen molar-refractivity contribution < 1.29 is 9.90 Å². The topological polar surface area (TPSA) is 53.4 Å². The minimum atomic E-state index is -0.803. The fourth-order valence-corrected chi connectivity index (χ4v) is 2.31. The Morgan fingerprint density at radius 2 is 2.41 bits per heavy atom. The summed E-state index contributed by atoms with van der Waals surface area (Å²) in [5.41, 5.74) is -0.408. The van der Waals surface area contributed by atoms with Gasteiger partial charge in [-0.2, -0.15) is 0 Å². The molecular formula is C12H15ClN2O2. The first kappa shape index (κ1) is 12.3. The quantitative estimate of drug-likeness (QED) is 0.777. The Balaban J connectivity index is 2.18. The molecule has 1 unspecified atom stereocenters. The van der Waals surface area contributed by atoms with E-state index in [1.165, 1.54) is 0 Å². The van der Waals surface area contributed by atoms with Crippen LogP contribution in [-0.4, -0.2) is 39.6 Å². The van der Waals surface area contributed by atoms with E-state index in [0.717, 1.165) is 12.8 Å². The van der Waals surface area contributed by atoms with Crippen LogP contribution in [0.2, 0.25) is 5.15 Å². The molecule has 1 aromatic rings. The zero-order valence-corrected chi connectivity index (χ0v) is 10.4. The summed E-state index contributed by atoms with van der Waals surface area (Å²) < 4.78 is 0. The molecule has 92 valence electrons. The molecule has 1 fully saturated rings. The van der Waals surface area contributed by atoms with Gasteiger partial charge >= 0.3 is 0 Å². The predicted octanol–water partition coefficient (Wildman–Crippen LogP) is 1.72. The van der Waals surface area contributed by atoms with Crippen molar-refractivity contribution in [2.75, 3.05) is 13.1 Å². The summed E-state index contributed by atoms with van der Waals surface area (Å²) in [6.07, 6.45) is 3.07. The zero-order valence-electron chi connectivity index (χ0n) is 9.69. The van der Waals surface area contributed by atoms with Gasteiger partial charge in [-0.15, -0.1) is 0 Å². The number of hydrogen-bond acceptors (Lipinski definition) is 3. The first-order valence-electron chi connectivity index (χ1n) is 5.62. The van der Waals surface area contributed by atoms with Gasteiger partial charge in [-0.25, -0.2) is 4.98 Å². The number of β-amino-alcohol motifs (C(OH)–C–C–N with tert-alkyl or cyclic N) is 1. The summed E-state index contributed by atoms with van der Waals surface area (Å²) in [5, 5.41) is 10.2. The van der Waals surface area contributed by atoms with Crippen LogP contribution in [0.5, 0.6) is 0 Å². The maximum atomic E-state index is 12.2. The third-order valence-corrected chi connectivity index (χ3v) is 3.25. The minimum absolute atomic E-state index is 0.164. The van der Waals surface area contributed by atoms with E-state index in [2.05, 4.69) is 4.98 Å². The first-order chi connectivity index (χ1) is 7.99. The largest absolute Gasteiger partial charge is 0.388 e. The number of carbonyl (C=O) groups excluding carboxylic acids is 1. The predicted molar refractivity (Wildman–Crippen MR) is 65.0 cm³/mol. The summed E-state index contributed by atoms with van der Waals surface area (Å²) in [6, 6.07) is 3.34. The molecule has 0 aromatic carbocycles. The lowest BCUT2D eigenvalue weighted by Gasteiger charge is -2.36. The smallest absolute Gasteiger partial charge is 0.257 e. The number of piperidine rings is 1. The second-order valence-electron chi connectivity index (χ2n) is 4.67. The van der Waals surface area contributed by atoms with Crippen LogP contribution >= 0.6 is 11.6 Å². The van der Waals surface area contributed by atoms with Crippen molar-refractivity contribution >= 4 is 17.5 Å². The van der Waals surface area contributed by atoms with E-state index in [-0.39, 0.29) is 11.1 Å². The summed E-state index contributed by atoms with van der Waals surface area (Å²) >= 11 is 5.89. The normalized spacial score (nSPS) is 24.8.